The Kier molecular flexibility index (Phi) is 9.98. The van der Waals surface area contributed by atoms with Crippen LogP contribution in [0.2, 0.25) is 25.7 Å². The Hall–Kier alpha value is -4.09. The van der Waals surface area contributed by atoms with Crippen LogP contribution in [0.25, 0.3) is 22.5 Å². The van der Waals surface area contributed by atoms with E-state index in [2.05, 4.69) is 45.5 Å². The quantitative estimate of drug-likeness (QED) is 0.161. The largest absolute Gasteiger partial charge is 0.488 e. The van der Waals surface area contributed by atoms with Gasteiger partial charge in [-0.15, -0.1) is 5.10 Å². The van der Waals surface area contributed by atoms with Gasteiger partial charge in [0.1, 0.15) is 24.8 Å². The molecule has 0 saturated heterocycles. The first-order valence-corrected chi connectivity index (χ1v) is 17.1. The Morgan fingerprint density at radius 1 is 1.02 bits per heavy atom. The molecule has 0 aliphatic carbocycles. The summed E-state index contributed by atoms with van der Waals surface area (Å²) >= 11 is 0. The van der Waals surface area contributed by atoms with E-state index in [0.29, 0.717) is 37.1 Å². The number of nitrogens with one attached hydrogen (secondary N) is 1. The molecule has 2 heterocycles. The fourth-order valence-corrected chi connectivity index (χ4v) is 4.52. The highest BCUT2D eigenvalue weighted by Crippen LogP contribution is 2.35. The second-order valence-electron chi connectivity index (χ2n) is 10.6. The molecule has 40 heavy (non-hydrogen) atoms. The van der Waals surface area contributed by atoms with E-state index >= 15 is 0 Å². The molecule has 4 rings (SSSR count). The van der Waals surface area contributed by atoms with Crippen LogP contribution in [0.4, 0.5) is 4.79 Å². The van der Waals surface area contributed by atoms with E-state index < -0.39 is 14.2 Å². The van der Waals surface area contributed by atoms with Gasteiger partial charge >= 0.3 is 6.09 Å². The second-order valence-corrected chi connectivity index (χ2v) is 16.2. The number of ether oxygens (including phenoxy) is 3. The van der Waals surface area contributed by atoms with Crippen molar-refractivity contribution in [1.82, 2.24) is 30.5 Å². The molecule has 2 aromatic heterocycles. The van der Waals surface area contributed by atoms with Gasteiger partial charge in [-0.05, 0) is 52.7 Å². The molecule has 0 unspecified atom stereocenters. The van der Waals surface area contributed by atoms with Crippen LogP contribution in [0.3, 0.4) is 0 Å². The van der Waals surface area contributed by atoms with Crippen molar-refractivity contribution >= 4 is 14.2 Å². The third kappa shape index (κ3) is 8.45. The molecule has 0 radical (unpaired) electrons. The Balaban J connectivity index is 1.59. The average molecular weight is 561 g/mol. The number of carbonyl (C=O) groups excluding carboxylic acids is 1. The van der Waals surface area contributed by atoms with Crippen LogP contribution in [0.15, 0.2) is 67.0 Å². The summed E-state index contributed by atoms with van der Waals surface area (Å²) in [6.45, 7) is 10.7. The maximum absolute atomic E-state index is 12.2. The van der Waals surface area contributed by atoms with Gasteiger partial charge in [-0.2, -0.15) is 4.68 Å². The van der Waals surface area contributed by atoms with Gasteiger partial charge in [0.05, 0.1) is 0 Å². The van der Waals surface area contributed by atoms with Gasteiger partial charge in [0.25, 0.3) is 0 Å². The summed E-state index contributed by atoms with van der Waals surface area (Å²) in [7, 11) is -1.20. The van der Waals surface area contributed by atoms with Crippen molar-refractivity contribution in [3.05, 3.63) is 72.6 Å². The minimum Gasteiger partial charge on any atom is -0.488 e. The summed E-state index contributed by atoms with van der Waals surface area (Å²) in [5, 5.41) is 14.9. The van der Waals surface area contributed by atoms with Crippen LogP contribution in [0, 0.1) is 0 Å². The number of aromatic nitrogens is 5. The van der Waals surface area contributed by atoms with Crippen LogP contribution in [-0.4, -0.2) is 52.5 Å². The lowest BCUT2D eigenvalue weighted by molar-refractivity contribution is 0.0784. The maximum Gasteiger partial charge on any atom is 0.412 e. The molecular formula is C29H36N6O4Si. The summed E-state index contributed by atoms with van der Waals surface area (Å²) < 4.78 is 19.2. The highest BCUT2D eigenvalue weighted by atomic mass is 28.3. The number of hydrogen-bond acceptors (Lipinski definition) is 8. The smallest absolute Gasteiger partial charge is 0.412 e. The Bertz CT molecular complexity index is 1390. The summed E-state index contributed by atoms with van der Waals surface area (Å²) in [5.41, 5.74) is 3.23. The normalized spacial score (nSPS) is 11.3. The Morgan fingerprint density at radius 2 is 1.82 bits per heavy atom. The lowest BCUT2D eigenvalue weighted by Gasteiger charge is -2.15. The maximum atomic E-state index is 12.2. The number of pyridine rings is 1. The van der Waals surface area contributed by atoms with E-state index in [4.69, 9.17) is 14.2 Å². The second kappa shape index (κ2) is 13.8. The zero-order chi connectivity index (χ0) is 28.4. The minimum atomic E-state index is -1.20. The molecule has 0 aliphatic rings. The number of tetrazole rings is 1. The summed E-state index contributed by atoms with van der Waals surface area (Å²) in [6, 6.07) is 18.2. The standard InChI is InChI=1S/C29H36N6O4Si/c1-5-13-31-29(36)39-25-11-12-27(38-20-22-9-7-6-8-10-22)26(17-25)23-16-24(19-30-18-23)28-32-33-34-35(28)21-37-14-15-40(2,3)4/h6-12,16-19H,5,13-15,20-21H2,1-4H3,(H,31,36). The zero-order valence-electron chi connectivity index (χ0n) is 23.5. The first kappa shape index (κ1) is 28.9. The van der Waals surface area contributed by atoms with E-state index in [-0.39, 0.29) is 6.73 Å². The van der Waals surface area contributed by atoms with Crippen molar-refractivity contribution in [2.75, 3.05) is 13.2 Å². The Morgan fingerprint density at radius 3 is 2.60 bits per heavy atom. The van der Waals surface area contributed by atoms with Gasteiger partial charge < -0.3 is 19.5 Å². The number of nitrogens with zero attached hydrogens (tertiary/aromatic N) is 5. The van der Waals surface area contributed by atoms with E-state index in [0.717, 1.165) is 34.7 Å². The van der Waals surface area contributed by atoms with Crippen LogP contribution in [0.1, 0.15) is 18.9 Å². The molecule has 11 heteroatoms. The predicted octanol–water partition coefficient (Wildman–Crippen LogP) is 5.79. The topological polar surface area (TPSA) is 113 Å². The molecule has 2 aromatic carbocycles. The number of carbonyl (C=O) groups is 1. The highest BCUT2D eigenvalue weighted by molar-refractivity contribution is 6.76. The van der Waals surface area contributed by atoms with Crippen LogP contribution >= 0.6 is 0 Å². The number of benzene rings is 2. The molecule has 1 amide bonds. The fraction of sp³-hybridized carbons (Fsp3) is 0.345. The van der Waals surface area contributed by atoms with Crippen LogP contribution < -0.4 is 14.8 Å². The van der Waals surface area contributed by atoms with Gasteiger partial charge in [0.2, 0.25) is 0 Å². The zero-order valence-corrected chi connectivity index (χ0v) is 24.5. The van der Waals surface area contributed by atoms with Gasteiger partial charge in [0, 0.05) is 50.3 Å². The molecule has 4 aromatic rings. The average Bonchev–Trinajstić information content (AvgIpc) is 3.42. The number of hydrogen-bond donors (Lipinski definition) is 1. The van der Waals surface area contributed by atoms with Crippen molar-refractivity contribution in [1.29, 1.82) is 0 Å². The van der Waals surface area contributed by atoms with Crippen LogP contribution in [-0.2, 0) is 18.1 Å². The van der Waals surface area contributed by atoms with Crippen molar-refractivity contribution in [3.63, 3.8) is 0 Å². The van der Waals surface area contributed by atoms with E-state index in [1.807, 2.05) is 43.3 Å². The molecule has 0 fully saturated rings. The fourth-order valence-electron chi connectivity index (χ4n) is 3.77. The molecule has 0 aliphatic heterocycles. The lowest BCUT2D eigenvalue weighted by Crippen LogP contribution is -2.27. The molecule has 0 atom stereocenters. The summed E-state index contributed by atoms with van der Waals surface area (Å²) in [6.07, 6.45) is 3.74. The van der Waals surface area contributed by atoms with Gasteiger partial charge in [-0.25, -0.2) is 4.79 Å². The van der Waals surface area contributed by atoms with E-state index in [1.54, 1.807) is 35.3 Å². The van der Waals surface area contributed by atoms with Crippen molar-refractivity contribution in [2.45, 2.75) is 52.4 Å². The van der Waals surface area contributed by atoms with E-state index in [9.17, 15) is 4.79 Å². The third-order valence-corrected chi connectivity index (χ3v) is 7.67. The van der Waals surface area contributed by atoms with Crippen molar-refractivity contribution < 1.29 is 19.0 Å². The number of amides is 1. The molecule has 1 N–H and O–H groups in total. The van der Waals surface area contributed by atoms with E-state index in [1.165, 1.54) is 0 Å². The third-order valence-electron chi connectivity index (χ3n) is 5.97. The predicted molar refractivity (Wildman–Crippen MR) is 156 cm³/mol. The van der Waals surface area contributed by atoms with Crippen molar-refractivity contribution in [2.24, 2.45) is 0 Å². The summed E-state index contributed by atoms with van der Waals surface area (Å²) in [5.74, 6) is 1.56. The molecule has 0 spiro atoms. The van der Waals surface area contributed by atoms with Gasteiger partial charge in [-0.3, -0.25) is 4.98 Å². The monoisotopic (exact) mass is 560 g/mol. The first-order valence-electron chi connectivity index (χ1n) is 13.4. The molecular weight excluding hydrogens is 524 g/mol. The summed E-state index contributed by atoms with van der Waals surface area (Å²) in [4.78, 5) is 16.7. The van der Waals surface area contributed by atoms with Gasteiger partial charge in [-0.1, -0.05) is 56.9 Å². The lowest BCUT2D eigenvalue weighted by atomic mass is 10.0. The molecule has 10 nitrogen and oxygen atoms in total. The number of rotatable bonds is 13. The van der Waals surface area contributed by atoms with Crippen LogP contribution in [0.5, 0.6) is 11.5 Å². The SMILES string of the molecule is CCCNC(=O)Oc1ccc(OCc2ccccc2)c(-c2cncc(-c3nnnn3COCC[Si](C)(C)C)c2)c1. The Labute approximate surface area is 235 Å². The molecule has 0 saturated carbocycles. The highest BCUT2D eigenvalue weighted by Gasteiger charge is 2.16. The first-order chi connectivity index (χ1) is 19.3. The van der Waals surface area contributed by atoms with Crippen molar-refractivity contribution in [3.8, 4) is 34.0 Å². The minimum absolute atomic E-state index is 0.249. The molecule has 210 valence electrons. The molecule has 0 bridgehead atoms. The van der Waals surface area contributed by atoms with Gasteiger partial charge in [0.15, 0.2) is 5.82 Å².